The second kappa shape index (κ2) is 6.76. The Hall–Kier alpha value is -2.19. The van der Waals surface area contributed by atoms with Crippen LogP contribution in [-0.4, -0.2) is 44.8 Å². The average molecular weight is 433 g/mol. The van der Waals surface area contributed by atoms with Crippen LogP contribution in [0.4, 0.5) is 45.2 Å². The molecule has 0 aromatic heterocycles. The Morgan fingerprint density at radius 1 is 0.963 bits per heavy atom. The van der Waals surface area contributed by atoms with Gasteiger partial charge in [-0.15, -0.1) is 0 Å². The van der Waals surface area contributed by atoms with Gasteiger partial charge in [0.05, 0.1) is 12.7 Å². The minimum absolute atomic E-state index is 0.464. The number of carbonyl (C=O) groups excluding carboxylic acids is 1. The number of nitrogens with one attached hydrogen (secondary N) is 1. The Balaban J connectivity index is 3.36. The van der Waals surface area contributed by atoms with Crippen molar-refractivity contribution in [2.75, 3.05) is 11.8 Å². The third kappa shape index (κ3) is 3.77. The van der Waals surface area contributed by atoms with E-state index in [4.69, 9.17) is 0 Å². The fourth-order valence-electron chi connectivity index (χ4n) is 1.58. The van der Waals surface area contributed by atoms with Crippen molar-refractivity contribution in [3.63, 3.8) is 0 Å². The standard InChI is InChI=1S/C12H8F9NO4S/c1-26-8(23)6-3-2-4-7(5-6)22-27(24,25)12(20,21)10(15,16)9(13,14)11(17,18)19/h2-5,22H,1H3. The maximum Gasteiger partial charge on any atom is 0.460 e. The molecule has 1 rings (SSSR count). The van der Waals surface area contributed by atoms with Crippen molar-refractivity contribution in [1.29, 1.82) is 0 Å². The Bertz CT molecular complexity index is 820. The maximum absolute atomic E-state index is 13.5. The first-order chi connectivity index (χ1) is 11.9. The van der Waals surface area contributed by atoms with E-state index < -0.39 is 50.5 Å². The highest BCUT2D eigenvalue weighted by Crippen LogP contribution is 2.54. The number of alkyl halides is 9. The third-order valence-electron chi connectivity index (χ3n) is 2.99. The zero-order valence-corrected chi connectivity index (χ0v) is 13.6. The van der Waals surface area contributed by atoms with Gasteiger partial charge < -0.3 is 4.74 Å². The molecule has 1 aromatic rings. The smallest absolute Gasteiger partial charge is 0.460 e. The zero-order chi connectivity index (χ0) is 21.5. The van der Waals surface area contributed by atoms with Crippen LogP contribution in [0.15, 0.2) is 24.3 Å². The summed E-state index contributed by atoms with van der Waals surface area (Å²) in [6.45, 7) is 0. The van der Waals surface area contributed by atoms with Crippen LogP contribution in [0.2, 0.25) is 0 Å². The van der Waals surface area contributed by atoms with Crippen LogP contribution < -0.4 is 4.72 Å². The number of carbonyl (C=O) groups is 1. The molecule has 0 aliphatic carbocycles. The van der Waals surface area contributed by atoms with Gasteiger partial charge in [0.15, 0.2) is 0 Å². The highest BCUT2D eigenvalue weighted by molar-refractivity contribution is 7.93. The van der Waals surface area contributed by atoms with Gasteiger partial charge >= 0.3 is 39.3 Å². The molecule has 0 spiro atoms. The quantitative estimate of drug-likeness (QED) is 0.550. The Labute approximate surface area is 145 Å². The lowest BCUT2D eigenvalue weighted by molar-refractivity contribution is -0.382. The molecular formula is C12H8F9NO4S. The lowest BCUT2D eigenvalue weighted by atomic mass is 10.1. The predicted molar refractivity (Wildman–Crippen MR) is 71.2 cm³/mol. The number of anilines is 1. The van der Waals surface area contributed by atoms with Crippen molar-refractivity contribution in [1.82, 2.24) is 0 Å². The molecule has 154 valence electrons. The van der Waals surface area contributed by atoms with Crippen molar-refractivity contribution in [3.05, 3.63) is 29.8 Å². The van der Waals surface area contributed by atoms with E-state index in [9.17, 15) is 52.7 Å². The number of hydrogen-bond acceptors (Lipinski definition) is 4. The summed E-state index contributed by atoms with van der Waals surface area (Å²) < 4.78 is 143. The zero-order valence-electron chi connectivity index (χ0n) is 12.8. The molecular weight excluding hydrogens is 425 g/mol. The van der Waals surface area contributed by atoms with E-state index in [1.165, 1.54) is 0 Å². The molecule has 15 heteroatoms. The molecule has 1 N–H and O–H groups in total. The van der Waals surface area contributed by atoms with Gasteiger partial charge in [-0.25, -0.2) is 4.79 Å². The van der Waals surface area contributed by atoms with Crippen LogP contribution in [-0.2, 0) is 14.8 Å². The molecule has 0 unspecified atom stereocenters. The number of halogens is 9. The van der Waals surface area contributed by atoms with Crippen LogP contribution in [0.5, 0.6) is 0 Å². The second-order valence-electron chi connectivity index (χ2n) is 4.84. The lowest BCUT2D eigenvalue weighted by Gasteiger charge is -2.33. The van der Waals surface area contributed by atoms with E-state index in [1.54, 1.807) is 0 Å². The number of rotatable bonds is 6. The van der Waals surface area contributed by atoms with Gasteiger partial charge in [0.25, 0.3) is 0 Å². The summed E-state index contributed by atoms with van der Waals surface area (Å²) >= 11 is 0. The van der Waals surface area contributed by atoms with Crippen molar-refractivity contribution >= 4 is 21.7 Å². The van der Waals surface area contributed by atoms with Crippen LogP contribution >= 0.6 is 0 Å². The average Bonchev–Trinajstić information content (AvgIpc) is 2.52. The summed E-state index contributed by atoms with van der Waals surface area (Å²) in [6.07, 6.45) is -7.17. The van der Waals surface area contributed by atoms with E-state index in [2.05, 4.69) is 4.74 Å². The van der Waals surface area contributed by atoms with E-state index in [0.717, 1.165) is 24.0 Å². The first-order valence-electron chi connectivity index (χ1n) is 6.33. The molecule has 0 bridgehead atoms. The number of esters is 1. The van der Waals surface area contributed by atoms with Crippen molar-refractivity contribution < 1.29 is 57.5 Å². The number of hydrogen-bond donors (Lipinski definition) is 1. The topological polar surface area (TPSA) is 72.5 Å². The molecule has 0 aliphatic rings. The van der Waals surface area contributed by atoms with Gasteiger partial charge in [-0.1, -0.05) is 6.07 Å². The highest BCUT2D eigenvalue weighted by Gasteiger charge is 2.85. The summed E-state index contributed by atoms with van der Waals surface area (Å²) in [6, 6.07) is 2.98. The molecule has 0 atom stereocenters. The van der Waals surface area contributed by atoms with Crippen molar-refractivity contribution in [2.24, 2.45) is 0 Å². The molecule has 0 fully saturated rings. The highest BCUT2D eigenvalue weighted by atomic mass is 32.2. The van der Waals surface area contributed by atoms with Crippen LogP contribution in [0, 0.1) is 0 Å². The molecule has 1 aromatic carbocycles. The minimum atomic E-state index is -7.37. The molecule has 0 saturated carbocycles. The molecule has 0 saturated heterocycles. The molecule has 0 radical (unpaired) electrons. The fourth-order valence-corrected chi connectivity index (χ4v) is 2.61. The molecule has 0 amide bonds. The first-order valence-corrected chi connectivity index (χ1v) is 7.81. The van der Waals surface area contributed by atoms with Gasteiger partial charge in [0, 0.05) is 5.69 Å². The molecule has 27 heavy (non-hydrogen) atoms. The summed E-state index contributed by atoms with van der Waals surface area (Å²) in [4.78, 5) is 11.2. The van der Waals surface area contributed by atoms with Gasteiger partial charge in [-0.2, -0.15) is 47.9 Å². The fraction of sp³-hybridized carbons (Fsp3) is 0.417. The maximum atomic E-state index is 13.5. The normalized spacial score (nSPS) is 14.0. The summed E-state index contributed by atoms with van der Waals surface area (Å²) in [7, 11) is -5.95. The van der Waals surface area contributed by atoms with E-state index in [1.807, 2.05) is 0 Å². The Morgan fingerprint density at radius 2 is 1.48 bits per heavy atom. The van der Waals surface area contributed by atoms with Gasteiger partial charge in [-0.3, -0.25) is 4.72 Å². The molecule has 5 nitrogen and oxygen atoms in total. The van der Waals surface area contributed by atoms with E-state index in [-0.39, 0.29) is 0 Å². The molecule has 0 heterocycles. The van der Waals surface area contributed by atoms with E-state index >= 15 is 0 Å². The van der Waals surface area contributed by atoms with Crippen LogP contribution in [0.3, 0.4) is 0 Å². The SMILES string of the molecule is COC(=O)c1cccc(NS(=O)(=O)C(F)(F)C(F)(F)C(F)(F)C(F)(F)F)c1. The van der Waals surface area contributed by atoms with Crippen LogP contribution in [0.1, 0.15) is 10.4 Å². The van der Waals surface area contributed by atoms with Crippen LogP contribution in [0.25, 0.3) is 0 Å². The Morgan fingerprint density at radius 3 is 1.93 bits per heavy atom. The van der Waals surface area contributed by atoms with Gasteiger partial charge in [0.2, 0.25) is 0 Å². The first kappa shape index (κ1) is 22.9. The summed E-state index contributed by atoms with van der Waals surface area (Å²) in [5.74, 6) is -15.8. The predicted octanol–water partition coefficient (Wildman–Crippen LogP) is 3.64. The minimum Gasteiger partial charge on any atom is -0.465 e. The van der Waals surface area contributed by atoms with E-state index in [0.29, 0.717) is 12.1 Å². The van der Waals surface area contributed by atoms with Crippen molar-refractivity contribution in [2.45, 2.75) is 23.3 Å². The molecule has 0 aliphatic heterocycles. The largest absolute Gasteiger partial charge is 0.465 e. The second-order valence-corrected chi connectivity index (χ2v) is 6.56. The number of methoxy groups -OCH3 is 1. The van der Waals surface area contributed by atoms with Gasteiger partial charge in [0.1, 0.15) is 0 Å². The summed E-state index contributed by atoms with van der Waals surface area (Å²) in [5, 5.41) is -6.89. The number of ether oxygens (including phenoxy) is 1. The van der Waals surface area contributed by atoms with Crippen molar-refractivity contribution in [3.8, 4) is 0 Å². The monoisotopic (exact) mass is 433 g/mol. The van der Waals surface area contributed by atoms with Gasteiger partial charge in [-0.05, 0) is 18.2 Å². The number of benzene rings is 1. The lowest BCUT2D eigenvalue weighted by Crippen LogP contribution is -2.64. The number of sulfonamides is 1. The summed E-state index contributed by atoms with van der Waals surface area (Å²) in [5.41, 5.74) is -1.46. The third-order valence-corrected chi connectivity index (χ3v) is 4.43. The Kier molecular flexibility index (Phi) is 5.72.